The van der Waals surface area contributed by atoms with Gasteiger partial charge in [0.2, 0.25) is 0 Å². The number of benzene rings is 1. The van der Waals surface area contributed by atoms with Gasteiger partial charge in [0, 0.05) is 4.70 Å². The predicted octanol–water partition coefficient (Wildman–Crippen LogP) is 1.86. The zero-order chi connectivity index (χ0) is 11.9. The zero-order valence-electron chi connectivity index (χ0n) is 7.85. The Morgan fingerprint density at radius 1 is 1.44 bits per heavy atom. The van der Waals surface area contributed by atoms with Crippen LogP contribution in [-0.2, 0) is 4.79 Å². The largest absolute Gasteiger partial charge is 0.507 e. The van der Waals surface area contributed by atoms with Gasteiger partial charge in [-0.2, -0.15) is 0 Å². The number of aliphatic hydroxyl groups is 1. The average Bonchev–Trinajstić information content (AvgIpc) is 2.56. The topological polar surface area (TPSA) is 77.8 Å². The van der Waals surface area contributed by atoms with Gasteiger partial charge in [-0.25, -0.2) is 9.18 Å². The molecule has 0 aliphatic rings. The normalized spacial score (nSPS) is 12.9. The molecule has 0 saturated carbocycles. The van der Waals surface area contributed by atoms with E-state index in [2.05, 4.69) is 0 Å². The highest BCUT2D eigenvalue weighted by Gasteiger charge is 2.25. The van der Waals surface area contributed by atoms with Gasteiger partial charge in [0.25, 0.3) is 0 Å². The third kappa shape index (κ3) is 1.52. The quantitative estimate of drug-likeness (QED) is 0.751. The molecule has 0 aliphatic carbocycles. The second-order valence-corrected chi connectivity index (χ2v) is 4.26. The molecular formula is C10H7FO4S. The summed E-state index contributed by atoms with van der Waals surface area (Å²) in [4.78, 5) is 10.2. The Morgan fingerprint density at radius 2 is 2.12 bits per heavy atom. The lowest BCUT2D eigenvalue weighted by atomic mass is 10.2. The molecule has 2 rings (SSSR count). The molecule has 1 heterocycles. The van der Waals surface area contributed by atoms with E-state index in [1.54, 1.807) is 6.07 Å². The molecule has 1 atom stereocenters. The van der Waals surface area contributed by atoms with Crippen molar-refractivity contribution in [3.8, 4) is 5.75 Å². The van der Waals surface area contributed by atoms with Gasteiger partial charge in [-0.15, -0.1) is 11.3 Å². The van der Waals surface area contributed by atoms with E-state index < -0.39 is 17.9 Å². The van der Waals surface area contributed by atoms with Crippen LogP contribution in [0, 0.1) is 5.82 Å². The summed E-state index contributed by atoms with van der Waals surface area (Å²) in [6.07, 6.45) is -1.91. The Hall–Kier alpha value is -1.66. The van der Waals surface area contributed by atoms with Gasteiger partial charge in [0.1, 0.15) is 5.75 Å². The van der Waals surface area contributed by atoms with E-state index in [-0.39, 0.29) is 16.0 Å². The maximum absolute atomic E-state index is 13.7. The average molecular weight is 242 g/mol. The molecule has 0 fully saturated rings. The van der Waals surface area contributed by atoms with Gasteiger partial charge < -0.3 is 15.3 Å². The monoisotopic (exact) mass is 242 g/mol. The molecule has 0 amide bonds. The first kappa shape index (κ1) is 10.8. The number of hydrogen-bond donors (Lipinski definition) is 3. The molecule has 84 valence electrons. The molecule has 0 spiro atoms. The number of aliphatic carboxylic acids is 1. The molecule has 0 bridgehead atoms. The van der Waals surface area contributed by atoms with Crippen molar-refractivity contribution in [2.45, 2.75) is 6.10 Å². The number of halogens is 1. The minimum absolute atomic E-state index is 0.0530. The summed E-state index contributed by atoms with van der Waals surface area (Å²) in [6, 6.07) is 4.36. The first-order chi connectivity index (χ1) is 7.52. The molecule has 1 aromatic carbocycles. The number of thiophene rings is 1. The summed E-state index contributed by atoms with van der Waals surface area (Å²) in [7, 11) is 0. The lowest BCUT2D eigenvalue weighted by Crippen LogP contribution is -2.09. The van der Waals surface area contributed by atoms with Crippen LogP contribution < -0.4 is 0 Å². The highest BCUT2D eigenvalue weighted by molar-refractivity contribution is 7.19. The number of rotatable bonds is 2. The lowest BCUT2D eigenvalue weighted by Gasteiger charge is -2.01. The molecule has 3 N–H and O–H groups in total. The van der Waals surface area contributed by atoms with Gasteiger partial charge in [0.05, 0.1) is 10.3 Å². The van der Waals surface area contributed by atoms with Crippen molar-refractivity contribution in [2.24, 2.45) is 0 Å². The van der Waals surface area contributed by atoms with Crippen LogP contribution in [0.5, 0.6) is 5.75 Å². The molecule has 1 unspecified atom stereocenters. The zero-order valence-corrected chi connectivity index (χ0v) is 8.66. The second kappa shape index (κ2) is 3.73. The molecule has 0 saturated heterocycles. The third-order valence-electron chi connectivity index (χ3n) is 2.14. The minimum atomic E-state index is -1.91. The van der Waals surface area contributed by atoms with Crippen LogP contribution in [0.15, 0.2) is 18.2 Å². The van der Waals surface area contributed by atoms with Crippen LogP contribution >= 0.6 is 11.3 Å². The van der Waals surface area contributed by atoms with Crippen LogP contribution in [0.1, 0.15) is 11.0 Å². The van der Waals surface area contributed by atoms with Crippen molar-refractivity contribution in [2.75, 3.05) is 0 Å². The van der Waals surface area contributed by atoms with Crippen LogP contribution in [-0.4, -0.2) is 21.3 Å². The van der Waals surface area contributed by atoms with Gasteiger partial charge in [-0.05, 0) is 12.1 Å². The van der Waals surface area contributed by atoms with Crippen LogP contribution in [0.25, 0.3) is 10.1 Å². The number of carboxylic acid groups (broad SMARTS) is 1. The van der Waals surface area contributed by atoms with Crippen molar-refractivity contribution in [1.82, 2.24) is 0 Å². The third-order valence-corrected chi connectivity index (χ3v) is 3.32. The Morgan fingerprint density at radius 3 is 2.69 bits per heavy atom. The number of aromatic hydroxyl groups is 1. The van der Waals surface area contributed by atoms with Crippen molar-refractivity contribution in [3.05, 3.63) is 28.9 Å². The fraction of sp³-hybridized carbons (Fsp3) is 0.100. The number of fused-ring (bicyclic) bond motifs is 1. The van der Waals surface area contributed by atoms with E-state index in [9.17, 15) is 19.4 Å². The van der Waals surface area contributed by atoms with E-state index in [1.165, 1.54) is 12.1 Å². The smallest absolute Gasteiger partial charge is 0.338 e. The van der Waals surface area contributed by atoms with Crippen molar-refractivity contribution in [3.63, 3.8) is 0 Å². The Kier molecular flexibility index (Phi) is 2.53. The first-order valence-corrected chi connectivity index (χ1v) is 5.14. The molecule has 0 aliphatic heterocycles. The molecule has 2 aromatic rings. The molecule has 0 radical (unpaired) electrons. The maximum Gasteiger partial charge on any atom is 0.338 e. The van der Waals surface area contributed by atoms with E-state index in [4.69, 9.17) is 5.11 Å². The van der Waals surface area contributed by atoms with Crippen molar-refractivity contribution in [1.29, 1.82) is 0 Å². The number of carbonyl (C=O) groups is 1. The van der Waals surface area contributed by atoms with Gasteiger partial charge in [0.15, 0.2) is 11.9 Å². The summed E-state index contributed by atoms with van der Waals surface area (Å²) < 4.78 is 14.1. The fourth-order valence-corrected chi connectivity index (χ4v) is 2.48. The Bertz CT molecular complexity index is 563. The number of hydrogen-bond acceptors (Lipinski definition) is 4. The number of carboxylic acids is 1. The van der Waals surface area contributed by atoms with Crippen LogP contribution in [0.2, 0.25) is 0 Å². The second-order valence-electron chi connectivity index (χ2n) is 3.17. The van der Waals surface area contributed by atoms with E-state index in [1.807, 2.05) is 0 Å². The first-order valence-electron chi connectivity index (χ1n) is 4.33. The molecule has 1 aromatic heterocycles. The number of phenols is 1. The predicted molar refractivity (Wildman–Crippen MR) is 56.0 cm³/mol. The van der Waals surface area contributed by atoms with E-state index >= 15 is 0 Å². The number of aliphatic hydroxyl groups excluding tert-OH is 1. The van der Waals surface area contributed by atoms with Crippen molar-refractivity contribution >= 4 is 27.4 Å². The lowest BCUT2D eigenvalue weighted by molar-refractivity contribution is -0.146. The van der Waals surface area contributed by atoms with Crippen LogP contribution in [0.3, 0.4) is 0 Å². The summed E-state index contributed by atoms with van der Waals surface area (Å²) >= 11 is 0.809. The standard InChI is InChI=1S/C10H7FO4S/c11-7-6-4(12)2-1-3-5(6)16-9(7)8(13)10(14)15/h1-3,8,12-13H,(H,14,15). The maximum atomic E-state index is 13.7. The summed E-state index contributed by atoms with van der Waals surface area (Å²) in [6.45, 7) is 0. The van der Waals surface area contributed by atoms with E-state index in [0.29, 0.717) is 4.70 Å². The van der Waals surface area contributed by atoms with Gasteiger partial charge in [-0.1, -0.05) is 6.07 Å². The Labute approximate surface area is 93.2 Å². The molecule has 6 heteroatoms. The molecule has 4 nitrogen and oxygen atoms in total. The van der Waals surface area contributed by atoms with E-state index in [0.717, 1.165) is 11.3 Å². The highest BCUT2D eigenvalue weighted by Crippen LogP contribution is 2.38. The summed E-state index contributed by atoms with van der Waals surface area (Å²) in [5.74, 6) is -2.67. The number of phenolic OH excluding ortho intramolecular Hbond substituents is 1. The van der Waals surface area contributed by atoms with Crippen LogP contribution in [0.4, 0.5) is 4.39 Å². The summed E-state index contributed by atoms with van der Waals surface area (Å²) in [5.41, 5.74) is 0. The summed E-state index contributed by atoms with van der Waals surface area (Å²) in [5, 5.41) is 27.2. The Balaban J connectivity index is 2.70. The van der Waals surface area contributed by atoms with Crippen molar-refractivity contribution < 1.29 is 24.5 Å². The SMILES string of the molecule is O=C(O)C(O)c1sc2cccc(O)c2c1F. The van der Waals surface area contributed by atoms with Gasteiger partial charge >= 0.3 is 5.97 Å². The minimum Gasteiger partial charge on any atom is -0.507 e. The molecule has 16 heavy (non-hydrogen) atoms. The molecular weight excluding hydrogens is 235 g/mol. The fourth-order valence-electron chi connectivity index (χ4n) is 1.40. The highest BCUT2D eigenvalue weighted by atomic mass is 32.1. The van der Waals surface area contributed by atoms with Gasteiger partial charge in [-0.3, -0.25) is 0 Å².